The van der Waals surface area contributed by atoms with Crippen LogP contribution < -0.4 is 5.32 Å². The highest BCUT2D eigenvalue weighted by Gasteiger charge is 2.57. The lowest BCUT2D eigenvalue weighted by atomic mass is 10.4. The third-order valence-corrected chi connectivity index (χ3v) is 1.48. The molecule has 0 saturated carbocycles. The molecule has 0 heterocycles. The van der Waals surface area contributed by atoms with Crippen molar-refractivity contribution in [1.29, 1.82) is 0 Å². The predicted octanol–water partition coefficient (Wildman–Crippen LogP) is -0.684. The van der Waals surface area contributed by atoms with Crippen LogP contribution in [0.25, 0.3) is 0 Å². The van der Waals surface area contributed by atoms with Crippen molar-refractivity contribution in [2.75, 3.05) is 19.7 Å². The van der Waals surface area contributed by atoms with Gasteiger partial charge < -0.3 is 4.74 Å². The van der Waals surface area contributed by atoms with Crippen LogP contribution in [-0.2, 0) is 9.53 Å². The van der Waals surface area contributed by atoms with Crippen molar-refractivity contribution in [1.82, 2.24) is 5.32 Å². The van der Waals surface area contributed by atoms with E-state index in [4.69, 9.17) is 0 Å². The number of ether oxygens (including phenoxy) is 1. The third-order valence-electron chi connectivity index (χ3n) is 1.48. The molecule has 0 rings (SSSR count). The van der Waals surface area contributed by atoms with Gasteiger partial charge in [0.25, 0.3) is 0 Å². The number of nitrogens with one attached hydrogen (secondary N) is 1. The van der Waals surface area contributed by atoms with Gasteiger partial charge in [-0.2, -0.15) is 0 Å². The minimum absolute atomic E-state index is 0.0890. The molecule has 9 nitrogen and oxygen atoms in total. The third kappa shape index (κ3) is 3.73. The van der Waals surface area contributed by atoms with Gasteiger partial charge >= 0.3 is 11.9 Å². The Morgan fingerprint density at radius 3 is 2.31 bits per heavy atom. The summed E-state index contributed by atoms with van der Waals surface area (Å²) >= 11 is 0. The van der Waals surface area contributed by atoms with E-state index in [9.17, 15) is 29.4 Å². The van der Waals surface area contributed by atoms with Crippen LogP contribution in [0.2, 0.25) is 0 Å². The van der Waals surface area contributed by atoms with Gasteiger partial charge in [0.1, 0.15) is 9.85 Å². The van der Waals surface area contributed by atoms with Crippen molar-refractivity contribution >= 4 is 5.97 Å². The van der Waals surface area contributed by atoms with Gasteiger partial charge in [0, 0.05) is 0 Å². The lowest BCUT2D eigenvalue weighted by Gasteiger charge is -2.08. The second kappa shape index (κ2) is 5.90. The maximum atomic E-state index is 13.1. The number of nitro groups is 2. The number of halogens is 1. The smallest absolute Gasteiger partial charge is 0.465 e. The van der Waals surface area contributed by atoms with Crippen LogP contribution in [0, 0.1) is 20.2 Å². The number of esters is 1. The molecular weight excluding hydrogens is 229 g/mol. The van der Waals surface area contributed by atoms with Crippen LogP contribution in [0.3, 0.4) is 0 Å². The Kier molecular flexibility index (Phi) is 5.22. The number of hydrogen-bond donors (Lipinski definition) is 1. The highest BCUT2D eigenvalue weighted by Crippen LogP contribution is 2.11. The standard InChI is InChI=1S/C6H10FN3O6/c1-2-16-5(11)3-8-4-6(7,9(12)13)10(14)15/h8H,2-4H2,1H3. The largest absolute Gasteiger partial charge is 0.626 e. The highest BCUT2D eigenvalue weighted by molar-refractivity contribution is 5.71. The maximum absolute atomic E-state index is 13.1. The number of carbonyl (C=O) groups is 1. The Hall–Kier alpha value is -1.84. The van der Waals surface area contributed by atoms with E-state index in [0.29, 0.717) is 0 Å². The Labute approximate surface area is 88.9 Å². The number of rotatable bonds is 7. The summed E-state index contributed by atoms with van der Waals surface area (Å²) in [7, 11) is 0. The number of hydrogen-bond acceptors (Lipinski definition) is 7. The van der Waals surface area contributed by atoms with Gasteiger partial charge in [-0.25, -0.2) is 0 Å². The fraction of sp³-hybridized carbons (Fsp3) is 0.833. The molecule has 92 valence electrons. The summed E-state index contributed by atoms with van der Waals surface area (Å²) in [6.07, 6.45) is 0. The first-order valence-corrected chi connectivity index (χ1v) is 4.18. The van der Waals surface area contributed by atoms with Crippen LogP contribution >= 0.6 is 0 Å². The molecule has 0 aromatic heterocycles. The molecule has 0 aliphatic carbocycles. The zero-order valence-electron chi connectivity index (χ0n) is 8.34. The van der Waals surface area contributed by atoms with E-state index in [1.54, 1.807) is 0 Å². The Morgan fingerprint density at radius 2 is 1.94 bits per heavy atom. The first kappa shape index (κ1) is 14.2. The number of carbonyl (C=O) groups excluding carboxylic acids is 1. The fourth-order valence-corrected chi connectivity index (χ4v) is 0.731. The molecule has 0 aromatic rings. The van der Waals surface area contributed by atoms with Gasteiger partial charge in [-0.05, 0) is 6.92 Å². The molecule has 0 aliphatic rings. The quantitative estimate of drug-likeness (QED) is 0.205. The van der Waals surface area contributed by atoms with Crippen LogP contribution in [0.1, 0.15) is 6.92 Å². The van der Waals surface area contributed by atoms with Crippen molar-refractivity contribution in [2.45, 2.75) is 12.8 Å². The molecule has 16 heavy (non-hydrogen) atoms. The number of nitrogens with zero attached hydrogens (tertiary/aromatic N) is 2. The molecule has 0 aromatic carbocycles. The first-order chi connectivity index (χ1) is 7.34. The first-order valence-electron chi connectivity index (χ1n) is 4.18. The van der Waals surface area contributed by atoms with Crippen LogP contribution in [0.15, 0.2) is 0 Å². The molecule has 0 radical (unpaired) electrons. The molecule has 0 unspecified atom stereocenters. The van der Waals surface area contributed by atoms with Gasteiger partial charge in [-0.1, -0.05) is 4.39 Å². The summed E-state index contributed by atoms with van der Waals surface area (Å²) in [5, 5.41) is 22.1. The zero-order chi connectivity index (χ0) is 12.8. The van der Waals surface area contributed by atoms with E-state index in [-0.39, 0.29) is 6.61 Å². The molecule has 0 atom stereocenters. The van der Waals surface area contributed by atoms with E-state index in [0.717, 1.165) is 0 Å². The molecule has 0 aliphatic heterocycles. The predicted molar refractivity (Wildman–Crippen MR) is 47.3 cm³/mol. The van der Waals surface area contributed by atoms with Gasteiger partial charge in [-0.15, -0.1) is 0 Å². The van der Waals surface area contributed by atoms with Gasteiger partial charge in [-0.3, -0.25) is 30.3 Å². The monoisotopic (exact) mass is 239 g/mol. The molecule has 0 fully saturated rings. The normalized spacial score (nSPS) is 10.9. The summed E-state index contributed by atoms with van der Waals surface area (Å²) in [6, 6.07) is 0. The second-order valence-corrected chi connectivity index (χ2v) is 2.64. The van der Waals surface area contributed by atoms with Crippen molar-refractivity contribution in [2.24, 2.45) is 0 Å². The summed E-state index contributed by atoms with van der Waals surface area (Å²) in [5.74, 6) is -4.62. The summed E-state index contributed by atoms with van der Waals surface area (Å²) in [5.41, 5.74) is 0. The van der Waals surface area contributed by atoms with Crippen molar-refractivity contribution < 1.29 is 23.8 Å². The molecule has 0 saturated heterocycles. The minimum Gasteiger partial charge on any atom is -0.465 e. The lowest BCUT2D eigenvalue weighted by molar-refractivity contribution is -0.828. The van der Waals surface area contributed by atoms with Gasteiger partial charge in [0.15, 0.2) is 6.54 Å². The SMILES string of the molecule is CCOC(=O)CNCC(F)([N+](=O)[O-])[N+](=O)[O-]. The lowest BCUT2D eigenvalue weighted by Crippen LogP contribution is -2.50. The Balaban J connectivity index is 4.20. The van der Waals surface area contributed by atoms with Crippen molar-refractivity contribution in [3.8, 4) is 0 Å². The molecule has 10 heteroatoms. The van der Waals surface area contributed by atoms with Crippen LogP contribution in [0.5, 0.6) is 0 Å². The van der Waals surface area contributed by atoms with Gasteiger partial charge in [0.05, 0.1) is 13.2 Å². The highest BCUT2D eigenvalue weighted by atomic mass is 19.2. The Bertz CT molecular complexity index is 282. The fourth-order valence-electron chi connectivity index (χ4n) is 0.731. The average Bonchev–Trinajstić information content (AvgIpc) is 2.17. The second-order valence-electron chi connectivity index (χ2n) is 2.64. The molecular formula is C6H10FN3O6. The van der Waals surface area contributed by atoms with Gasteiger partial charge in [0.2, 0.25) is 0 Å². The van der Waals surface area contributed by atoms with Crippen LogP contribution in [0.4, 0.5) is 4.39 Å². The molecule has 1 N–H and O–H groups in total. The topological polar surface area (TPSA) is 125 Å². The van der Waals surface area contributed by atoms with E-state index in [1.165, 1.54) is 6.92 Å². The molecule has 0 spiro atoms. The summed E-state index contributed by atoms with van der Waals surface area (Å²) in [6.45, 7) is -0.135. The number of alkyl halides is 1. The maximum Gasteiger partial charge on any atom is 0.626 e. The minimum atomic E-state index is -3.84. The summed E-state index contributed by atoms with van der Waals surface area (Å²) < 4.78 is 17.5. The molecule has 0 amide bonds. The van der Waals surface area contributed by atoms with Crippen LogP contribution in [-0.4, -0.2) is 41.4 Å². The average molecular weight is 239 g/mol. The summed E-state index contributed by atoms with van der Waals surface area (Å²) in [4.78, 5) is 27.6. The van der Waals surface area contributed by atoms with Crippen molar-refractivity contribution in [3.05, 3.63) is 20.2 Å². The van der Waals surface area contributed by atoms with Crippen molar-refractivity contribution in [3.63, 3.8) is 0 Å². The van der Waals surface area contributed by atoms with E-state index < -0.39 is 34.8 Å². The Morgan fingerprint density at radius 1 is 1.44 bits per heavy atom. The zero-order valence-corrected chi connectivity index (χ0v) is 8.34. The molecule has 0 bridgehead atoms. The van der Waals surface area contributed by atoms with E-state index >= 15 is 0 Å². The van der Waals surface area contributed by atoms with E-state index in [1.807, 2.05) is 5.32 Å². The van der Waals surface area contributed by atoms with E-state index in [2.05, 4.69) is 4.74 Å².